The zero-order chi connectivity index (χ0) is 13.8. The number of nitrogens with two attached hydrogens (primary N) is 1. The summed E-state index contributed by atoms with van der Waals surface area (Å²) in [6.45, 7) is 7.49. The number of aromatic nitrogens is 2. The maximum Gasteiger partial charge on any atom is 0.0596 e. The van der Waals surface area contributed by atoms with E-state index in [2.05, 4.69) is 42.0 Å². The smallest absolute Gasteiger partial charge is 0.0596 e. The number of hydrogen-bond acceptors (Lipinski definition) is 3. The predicted molar refractivity (Wildman–Crippen MR) is 78.6 cm³/mol. The van der Waals surface area contributed by atoms with Crippen LogP contribution in [0.4, 0.5) is 0 Å². The maximum absolute atomic E-state index is 5.82. The molecule has 4 nitrogen and oxygen atoms in total. The standard InChI is InChI=1S/C15H28N4/c1-4-19-14(9-12(3)18-19)10-15(17-16)13-7-5-6-11(2)8-13/h9,11,13,15,17H,4-8,10,16H2,1-3H3. The van der Waals surface area contributed by atoms with Crippen molar-refractivity contribution in [2.75, 3.05) is 0 Å². The Balaban J connectivity index is 2.05. The molecule has 1 aromatic heterocycles. The Morgan fingerprint density at radius 2 is 2.32 bits per heavy atom. The summed E-state index contributed by atoms with van der Waals surface area (Å²) in [5.41, 5.74) is 5.47. The van der Waals surface area contributed by atoms with Gasteiger partial charge in [0.1, 0.15) is 0 Å². The molecule has 0 bridgehead atoms. The molecule has 0 aromatic carbocycles. The number of hydrazine groups is 1. The third kappa shape index (κ3) is 3.57. The van der Waals surface area contributed by atoms with Gasteiger partial charge in [0.2, 0.25) is 0 Å². The van der Waals surface area contributed by atoms with Gasteiger partial charge in [-0.3, -0.25) is 16.0 Å². The molecule has 1 heterocycles. The average Bonchev–Trinajstić information content (AvgIpc) is 2.76. The topological polar surface area (TPSA) is 55.9 Å². The van der Waals surface area contributed by atoms with Crippen molar-refractivity contribution in [1.82, 2.24) is 15.2 Å². The predicted octanol–water partition coefficient (Wildman–Crippen LogP) is 2.41. The van der Waals surface area contributed by atoms with E-state index in [9.17, 15) is 0 Å². The molecule has 1 fully saturated rings. The van der Waals surface area contributed by atoms with Gasteiger partial charge in [-0.2, -0.15) is 5.10 Å². The molecule has 0 aliphatic heterocycles. The molecule has 108 valence electrons. The molecule has 0 spiro atoms. The Bertz CT molecular complexity index is 399. The Kier molecular flexibility index (Phi) is 4.99. The minimum absolute atomic E-state index is 0.379. The van der Waals surface area contributed by atoms with Crippen molar-refractivity contribution in [2.24, 2.45) is 17.7 Å². The average molecular weight is 264 g/mol. The Labute approximate surface area is 116 Å². The van der Waals surface area contributed by atoms with E-state index in [4.69, 9.17) is 5.84 Å². The molecule has 1 aromatic rings. The van der Waals surface area contributed by atoms with E-state index in [0.29, 0.717) is 12.0 Å². The molecular formula is C15H28N4. The molecule has 3 N–H and O–H groups in total. The largest absolute Gasteiger partial charge is 0.271 e. The Hall–Kier alpha value is -0.870. The Morgan fingerprint density at radius 1 is 1.53 bits per heavy atom. The van der Waals surface area contributed by atoms with Crippen LogP contribution in [0.1, 0.15) is 50.9 Å². The molecule has 0 amide bonds. The molecule has 0 radical (unpaired) electrons. The normalized spacial score (nSPS) is 25.5. The van der Waals surface area contributed by atoms with Crippen LogP contribution in [0.15, 0.2) is 6.07 Å². The fraction of sp³-hybridized carbons (Fsp3) is 0.800. The molecule has 1 aliphatic carbocycles. The van der Waals surface area contributed by atoms with Gasteiger partial charge in [-0.15, -0.1) is 0 Å². The van der Waals surface area contributed by atoms with E-state index >= 15 is 0 Å². The first-order valence-electron chi connectivity index (χ1n) is 7.63. The molecule has 1 saturated carbocycles. The molecular weight excluding hydrogens is 236 g/mol. The van der Waals surface area contributed by atoms with E-state index in [1.54, 1.807) is 0 Å². The molecule has 4 heteroatoms. The van der Waals surface area contributed by atoms with Gasteiger partial charge in [-0.1, -0.05) is 19.8 Å². The first kappa shape index (κ1) is 14.5. The minimum atomic E-state index is 0.379. The van der Waals surface area contributed by atoms with Crippen LogP contribution in [-0.2, 0) is 13.0 Å². The highest BCUT2D eigenvalue weighted by molar-refractivity contribution is 5.11. The number of nitrogens with zero attached hydrogens (tertiary/aromatic N) is 2. The summed E-state index contributed by atoms with van der Waals surface area (Å²) in [4.78, 5) is 0. The number of rotatable bonds is 5. The van der Waals surface area contributed by atoms with Crippen molar-refractivity contribution < 1.29 is 0 Å². The summed E-state index contributed by atoms with van der Waals surface area (Å²) in [5, 5.41) is 4.52. The SMILES string of the molecule is CCn1nc(C)cc1CC(NN)C1CCCC(C)C1. The van der Waals surface area contributed by atoms with Crippen LogP contribution in [0.5, 0.6) is 0 Å². The van der Waals surface area contributed by atoms with Crippen molar-refractivity contribution in [3.8, 4) is 0 Å². The van der Waals surface area contributed by atoms with E-state index in [1.165, 1.54) is 31.4 Å². The summed E-state index contributed by atoms with van der Waals surface area (Å²) in [6, 6.07) is 2.57. The summed E-state index contributed by atoms with van der Waals surface area (Å²) >= 11 is 0. The second-order valence-corrected chi connectivity index (χ2v) is 6.10. The fourth-order valence-corrected chi connectivity index (χ4v) is 3.47. The van der Waals surface area contributed by atoms with Crippen LogP contribution in [0, 0.1) is 18.8 Å². The third-order valence-electron chi connectivity index (χ3n) is 4.47. The van der Waals surface area contributed by atoms with Crippen LogP contribution in [-0.4, -0.2) is 15.8 Å². The van der Waals surface area contributed by atoms with Gasteiger partial charge >= 0.3 is 0 Å². The lowest BCUT2D eigenvalue weighted by Gasteiger charge is -2.33. The van der Waals surface area contributed by atoms with Gasteiger partial charge in [0.05, 0.1) is 5.69 Å². The van der Waals surface area contributed by atoms with E-state index in [1.807, 2.05) is 0 Å². The molecule has 2 rings (SSSR count). The highest BCUT2D eigenvalue weighted by Crippen LogP contribution is 2.31. The van der Waals surface area contributed by atoms with Crippen LogP contribution < -0.4 is 11.3 Å². The van der Waals surface area contributed by atoms with Gasteiger partial charge in [0.15, 0.2) is 0 Å². The van der Waals surface area contributed by atoms with Crippen molar-refractivity contribution in [2.45, 2.75) is 65.5 Å². The van der Waals surface area contributed by atoms with Crippen molar-refractivity contribution >= 4 is 0 Å². The van der Waals surface area contributed by atoms with Crippen molar-refractivity contribution in [3.05, 3.63) is 17.5 Å². The number of hydrogen-bond donors (Lipinski definition) is 2. The van der Waals surface area contributed by atoms with E-state index in [-0.39, 0.29) is 0 Å². The first-order valence-corrected chi connectivity index (χ1v) is 7.63. The molecule has 0 saturated heterocycles. The second kappa shape index (κ2) is 6.53. The van der Waals surface area contributed by atoms with E-state index < -0.39 is 0 Å². The summed E-state index contributed by atoms with van der Waals surface area (Å²) in [5.74, 6) is 7.36. The van der Waals surface area contributed by atoms with Crippen LogP contribution in [0.3, 0.4) is 0 Å². The molecule has 3 atom stereocenters. The van der Waals surface area contributed by atoms with Crippen molar-refractivity contribution in [3.63, 3.8) is 0 Å². The monoisotopic (exact) mass is 264 g/mol. The second-order valence-electron chi connectivity index (χ2n) is 6.10. The summed E-state index contributed by atoms with van der Waals surface area (Å²) < 4.78 is 2.10. The Morgan fingerprint density at radius 3 is 2.95 bits per heavy atom. The summed E-state index contributed by atoms with van der Waals surface area (Å²) in [7, 11) is 0. The van der Waals surface area contributed by atoms with Gasteiger partial charge in [-0.05, 0) is 44.6 Å². The molecule has 1 aliphatic rings. The first-order chi connectivity index (χ1) is 9.13. The highest BCUT2D eigenvalue weighted by atomic mass is 15.3. The minimum Gasteiger partial charge on any atom is -0.271 e. The van der Waals surface area contributed by atoms with Crippen LogP contribution in [0.2, 0.25) is 0 Å². The lowest BCUT2D eigenvalue weighted by atomic mass is 9.77. The van der Waals surface area contributed by atoms with Gasteiger partial charge in [0, 0.05) is 24.7 Å². The van der Waals surface area contributed by atoms with Gasteiger partial charge in [0.25, 0.3) is 0 Å². The quantitative estimate of drug-likeness (QED) is 0.634. The van der Waals surface area contributed by atoms with Crippen LogP contribution >= 0.6 is 0 Å². The molecule has 3 unspecified atom stereocenters. The zero-order valence-corrected chi connectivity index (χ0v) is 12.5. The van der Waals surface area contributed by atoms with Gasteiger partial charge in [-0.25, -0.2) is 0 Å². The maximum atomic E-state index is 5.82. The van der Waals surface area contributed by atoms with Gasteiger partial charge < -0.3 is 0 Å². The number of nitrogens with one attached hydrogen (secondary N) is 1. The number of aryl methyl sites for hydroxylation is 2. The van der Waals surface area contributed by atoms with E-state index in [0.717, 1.165) is 24.6 Å². The lowest BCUT2D eigenvalue weighted by Crippen LogP contribution is -2.44. The van der Waals surface area contributed by atoms with Crippen molar-refractivity contribution in [1.29, 1.82) is 0 Å². The third-order valence-corrected chi connectivity index (χ3v) is 4.47. The van der Waals surface area contributed by atoms with Crippen LogP contribution in [0.25, 0.3) is 0 Å². The highest BCUT2D eigenvalue weighted by Gasteiger charge is 2.27. The zero-order valence-electron chi connectivity index (χ0n) is 12.5. The lowest BCUT2D eigenvalue weighted by molar-refractivity contribution is 0.220. The fourth-order valence-electron chi connectivity index (χ4n) is 3.47. The summed E-state index contributed by atoms with van der Waals surface area (Å²) in [6.07, 6.45) is 6.31. The molecule has 19 heavy (non-hydrogen) atoms.